The fourth-order valence-electron chi connectivity index (χ4n) is 3.25. The average molecular weight is 480 g/mol. The Kier molecular flexibility index (Phi) is 6.32. The summed E-state index contributed by atoms with van der Waals surface area (Å²) in [4.78, 5) is 39.5. The molecule has 11 heteroatoms. The number of fused-ring (bicyclic) bond motifs is 1. The molecule has 1 aliphatic rings. The van der Waals surface area contributed by atoms with Crippen molar-refractivity contribution < 1.29 is 27.5 Å². The number of benzene rings is 2. The Morgan fingerprint density at radius 3 is 2.50 bits per heavy atom. The number of sulfonamides is 1. The molecule has 0 aromatic heterocycles. The standard InChI is InChI=1S/C21H22ClN3O6S/c1-12(31-19(27)13-9-10-14(22)17(11-13)32(29,30)23-4)18(26)25-16-8-6-5-7-15(16)24-20(28)21(25,2)3/h5-12,23H,1-4H3,(H,24,28)/t12-/m1/s1. The van der Waals surface area contributed by atoms with Gasteiger partial charge in [0.2, 0.25) is 15.9 Å². The zero-order chi connectivity index (χ0) is 23.8. The highest BCUT2D eigenvalue weighted by Crippen LogP contribution is 2.37. The predicted molar refractivity (Wildman–Crippen MR) is 119 cm³/mol. The van der Waals surface area contributed by atoms with Crippen molar-refractivity contribution >= 4 is 50.8 Å². The molecule has 1 aliphatic heterocycles. The first kappa shape index (κ1) is 23.7. The number of carbonyl (C=O) groups is 3. The molecular weight excluding hydrogens is 458 g/mol. The zero-order valence-corrected chi connectivity index (χ0v) is 19.4. The zero-order valence-electron chi connectivity index (χ0n) is 17.8. The van der Waals surface area contributed by atoms with Gasteiger partial charge in [-0.05, 0) is 58.2 Å². The van der Waals surface area contributed by atoms with Gasteiger partial charge >= 0.3 is 5.97 Å². The second-order valence-electron chi connectivity index (χ2n) is 7.60. The monoisotopic (exact) mass is 479 g/mol. The van der Waals surface area contributed by atoms with Crippen LogP contribution in [0.1, 0.15) is 31.1 Å². The maximum absolute atomic E-state index is 13.3. The Labute approximate surface area is 190 Å². The first-order valence-electron chi connectivity index (χ1n) is 9.58. The van der Waals surface area contributed by atoms with Gasteiger partial charge in [-0.15, -0.1) is 0 Å². The van der Waals surface area contributed by atoms with E-state index in [0.29, 0.717) is 11.4 Å². The molecule has 170 valence electrons. The molecule has 2 amide bonds. The molecule has 2 aromatic carbocycles. The van der Waals surface area contributed by atoms with Crippen molar-refractivity contribution in [2.45, 2.75) is 37.3 Å². The van der Waals surface area contributed by atoms with Crippen molar-refractivity contribution in [1.29, 1.82) is 0 Å². The quantitative estimate of drug-likeness (QED) is 0.635. The van der Waals surface area contributed by atoms with E-state index in [-0.39, 0.29) is 21.4 Å². The molecule has 0 saturated heterocycles. The van der Waals surface area contributed by atoms with E-state index in [2.05, 4.69) is 10.0 Å². The normalized spacial score (nSPS) is 16.0. The molecule has 0 fully saturated rings. The Morgan fingerprint density at radius 2 is 1.84 bits per heavy atom. The molecule has 0 radical (unpaired) electrons. The van der Waals surface area contributed by atoms with Gasteiger partial charge < -0.3 is 10.1 Å². The summed E-state index contributed by atoms with van der Waals surface area (Å²) in [6.45, 7) is 4.55. The smallest absolute Gasteiger partial charge is 0.338 e. The van der Waals surface area contributed by atoms with Crippen LogP contribution in [0.2, 0.25) is 5.02 Å². The van der Waals surface area contributed by atoms with Crippen molar-refractivity contribution in [1.82, 2.24) is 4.72 Å². The van der Waals surface area contributed by atoms with Gasteiger partial charge in [-0.1, -0.05) is 23.7 Å². The lowest BCUT2D eigenvalue weighted by Gasteiger charge is -2.42. The van der Waals surface area contributed by atoms with Crippen LogP contribution in [-0.4, -0.2) is 44.9 Å². The second-order valence-corrected chi connectivity index (χ2v) is 9.87. The summed E-state index contributed by atoms with van der Waals surface area (Å²) in [5.41, 5.74) is -0.401. The van der Waals surface area contributed by atoms with Crippen LogP contribution < -0.4 is 14.9 Å². The van der Waals surface area contributed by atoms with Crippen LogP contribution in [0, 0.1) is 0 Å². The number of amides is 2. The van der Waals surface area contributed by atoms with E-state index >= 15 is 0 Å². The number of nitrogens with one attached hydrogen (secondary N) is 2. The van der Waals surface area contributed by atoms with Crippen LogP contribution in [0.3, 0.4) is 0 Å². The van der Waals surface area contributed by atoms with Crippen molar-refractivity contribution in [3.8, 4) is 0 Å². The highest BCUT2D eigenvalue weighted by atomic mass is 35.5. The number of ether oxygens (including phenoxy) is 1. The second kappa shape index (κ2) is 8.53. The van der Waals surface area contributed by atoms with Crippen LogP contribution in [0.4, 0.5) is 11.4 Å². The summed E-state index contributed by atoms with van der Waals surface area (Å²) < 4.78 is 31.7. The Morgan fingerprint density at radius 1 is 1.19 bits per heavy atom. The van der Waals surface area contributed by atoms with Gasteiger partial charge in [0.05, 0.1) is 22.0 Å². The third-order valence-corrected chi connectivity index (χ3v) is 6.98. The number of rotatable bonds is 5. The van der Waals surface area contributed by atoms with E-state index in [4.69, 9.17) is 16.3 Å². The van der Waals surface area contributed by atoms with E-state index in [1.165, 1.54) is 31.0 Å². The summed E-state index contributed by atoms with van der Waals surface area (Å²) >= 11 is 5.94. The van der Waals surface area contributed by atoms with Crippen molar-refractivity contribution in [3.05, 3.63) is 53.1 Å². The highest BCUT2D eigenvalue weighted by molar-refractivity contribution is 7.89. The first-order chi connectivity index (χ1) is 14.9. The molecule has 1 heterocycles. The highest BCUT2D eigenvalue weighted by Gasteiger charge is 2.45. The fraction of sp³-hybridized carbons (Fsp3) is 0.286. The summed E-state index contributed by atoms with van der Waals surface area (Å²) in [6, 6.07) is 10.4. The number of hydrogen-bond acceptors (Lipinski definition) is 6. The third kappa shape index (κ3) is 4.21. The van der Waals surface area contributed by atoms with Crippen LogP contribution in [0.5, 0.6) is 0 Å². The minimum Gasteiger partial charge on any atom is -0.449 e. The molecule has 2 N–H and O–H groups in total. The number of anilines is 2. The molecule has 0 saturated carbocycles. The predicted octanol–water partition coefficient (Wildman–Crippen LogP) is 2.56. The molecule has 0 spiro atoms. The number of carbonyl (C=O) groups excluding carboxylic acids is 3. The number of para-hydroxylation sites is 2. The lowest BCUT2D eigenvalue weighted by molar-refractivity contribution is -0.131. The molecular formula is C21H22ClN3O6S. The minimum atomic E-state index is -3.91. The Balaban J connectivity index is 1.89. The summed E-state index contributed by atoms with van der Waals surface area (Å²) in [6.07, 6.45) is -1.26. The Bertz CT molecular complexity index is 1210. The molecule has 1 atom stereocenters. The van der Waals surface area contributed by atoms with Crippen LogP contribution in [0.25, 0.3) is 0 Å². The van der Waals surface area contributed by atoms with Crippen molar-refractivity contribution in [2.24, 2.45) is 0 Å². The number of halogens is 1. The summed E-state index contributed by atoms with van der Waals surface area (Å²) in [5.74, 6) is -1.91. The Hall–Kier alpha value is -2.95. The van der Waals surface area contributed by atoms with Gasteiger partial charge in [-0.3, -0.25) is 14.5 Å². The molecule has 0 unspecified atom stereocenters. The molecule has 3 rings (SSSR count). The van der Waals surface area contributed by atoms with Gasteiger partial charge in [0, 0.05) is 0 Å². The molecule has 9 nitrogen and oxygen atoms in total. The SMILES string of the molecule is CNS(=O)(=O)c1cc(C(=O)O[C@H](C)C(=O)N2c3ccccc3NC(=O)C2(C)C)ccc1Cl. The molecule has 32 heavy (non-hydrogen) atoms. The maximum Gasteiger partial charge on any atom is 0.338 e. The minimum absolute atomic E-state index is 0.0716. The van der Waals surface area contributed by atoms with Crippen LogP contribution in [-0.2, 0) is 24.3 Å². The lowest BCUT2D eigenvalue weighted by Crippen LogP contribution is -2.60. The third-order valence-electron chi connectivity index (χ3n) is 5.08. The van der Waals surface area contributed by atoms with Crippen LogP contribution in [0.15, 0.2) is 47.4 Å². The maximum atomic E-state index is 13.3. The van der Waals surface area contributed by atoms with Crippen molar-refractivity contribution in [2.75, 3.05) is 17.3 Å². The largest absolute Gasteiger partial charge is 0.449 e. The molecule has 2 aromatic rings. The number of nitrogens with zero attached hydrogens (tertiary/aromatic N) is 1. The summed E-state index contributed by atoms with van der Waals surface area (Å²) in [5, 5.41) is 2.68. The van der Waals surface area contributed by atoms with Gasteiger partial charge in [-0.25, -0.2) is 17.9 Å². The van der Waals surface area contributed by atoms with Gasteiger partial charge in [0.1, 0.15) is 10.4 Å². The summed E-state index contributed by atoms with van der Waals surface area (Å²) in [7, 11) is -2.70. The van der Waals surface area contributed by atoms with E-state index in [1.54, 1.807) is 38.1 Å². The van der Waals surface area contributed by atoms with E-state index in [9.17, 15) is 22.8 Å². The number of esters is 1. The number of hydrogen-bond donors (Lipinski definition) is 2. The van der Waals surface area contributed by atoms with Gasteiger partial charge in [0.15, 0.2) is 6.10 Å². The first-order valence-corrected chi connectivity index (χ1v) is 11.4. The van der Waals surface area contributed by atoms with E-state index in [1.807, 2.05) is 0 Å². The van der Waals surface area contributed by atoms with Crippen molar-refractivity contribution in [3.63, 3.8) is 0 Å². The average Bonchev–Trinajstić information content (AvgIpc) is 2.74. The topological polar surface area (TPSA) is 122 Å². The van der Waals surface area contributed by atoms with Gasteiger partial charge in [0.25, 0.3) is 5.91 Å². The van der Waals surface area contributed by atoms with E-state index < -0.39 is 33.5 Å². The molecule has 0 aliphatic carbocycles. The fourth-order valence-corrected chi connectivity index (χ4v) is 4.50. The lowest BCUT2D eigenvalue weighted by atomic mass is 9.95. The van der Waals surface area contributed by atoms with Gasteiger partial charge in [-0.2, -0.15) is 0 Å². The van der Waals surface area contributed by atoms with E-state index in [0.717, 1.165) is 6.07 Å². The molecule has 0 bridgehead atoms. The van der Waals surface area contributed by atoms with Crippen LogP contribution >= 0.6 is 11.6 Å².